The fourth-order valence-corrected chi connectivity index (χ4v) is 4.45. The summed E-state index contributed by atoms with van der Waals surface area (Å²) in [6.45, 7) is 4.59. The van der Waals surface area contributed by atoms with Gasteiger partial charge in [-0.2, -0.15) is 0 Å². The number of aromatic nitrogens is 1. The Morgan fingerprint density at radius 3 is 2.30 bits per heavy atom. The van der Waals surface area contributed by atoms with E-state index in [9.17, 15) is 17.6 Å². The van der Waals surface area contributed by atoms with Crippen LogP contribution in [0.15, 0.2) is 30.3 Å². The van der Waals surface area contributed by atoms with Gasteiger partial charge in [0.15, 0.2) is 0 Å². The van der Waals surface area contributed by atoms with Crippen LogP contribution in [0.25, 0.3) is 5.69 Å². The Morgan fingerprint density at radius 2 is 1.74 bits per heavy atom. The number of nitrogens with zero attached hydrogens (tertiary/aromatic N) is 2. The van der Waals surface area contributed by atoms with Gasteiger partial charge in [-0.05, 0) is 57.0 Å². The predicted octanol–water partition coefficient (Wildman–Crippen LogP) is 2.39. The van der Waals surface area contributed by atoms with E-state index in [4.69, 9.17) is 0 Å². The summed E-state index contributed by atoms with van der Waals surface area (Å²) in [5.74, 6) is -0.478. The number of carbonyl (C=O) groups is 1. The first-order valence-electron chi connectivity index (χ1n) is 8.87. The number of hydrogen-bond acceptors (Lipinski definition) is 3. The molecule has 1 aromatic heterocycles. The summed E-state index contributed by atoms with van der Waals surface area (Å²) in [6, 6.07) is 7.91. The molecular weight excluding hydrogens is 369 g/mol. The molecule has 2 heterocycles. The van der Waals surface area contributed by atoms with Crippen LogP contribution in [-0.2, 0) is 10.0 Å². The van der Waals surface area contributed by atoms with Crippen LogP contribution < -0.4 is 5.32 Å². The molecule has 0 radical (unpaired) electrons. The van der Waals surface area contributed by atoms with E-state index in [2.05, 4.69) is 5.32 Å². The molecule has 1 fully saturated rings. The number of carbonyl (C=O) groups excluding carboxylic acids is 1. The summed E-state index contributed by atoms with van der Waals surface area (Å²) < 4.78 is 39.7. The van der Waals surface area contributed by atoms with Gasteiger partial charge in [-0.25, -0.2) is 17.1 Å². The summed E-state index contributed by atoms with van der Waals surface area (Å²) in [4.78, 5) is 12.7. The third-order valence-electron chi connectivity index (χ3n) is 5.02. The number of sulfonamides is 1. The number of amides is 1. The zero-order valence-electron chi connectivity index (χ0n) is 15.7. The number of piperidine rings is 1. The van der Waals surface area contributed by atoms with Gasteiger partial charge in [0.05, 0.1) is 11.8 Å². The molecule has 0 atom stereocenters. The molecular formula is C19H24FN3O3S. The van der Waals surface area contributed by atoms with Crippen molar-refractivity contribution in [2.24, 2.45) is 0 Å². The fourth-order valence-electron chi connectivity index (χ4n) is 3.58. The van der Waals surface area contributed by atoms with Gasteiger partial charge >= 0.3 is 0 Å². The highest BCUT2D eigenvalue weighted by Crippen LogP contribution is 2.22. The molecule has 1 saturated heterocycles. The van der Waals surface area contributed by atoms with Crippen molar-refractivity contribution >= 4 is 15.9 Å². The van der Waals surface area contributed by atoms with E-state index in [0.717, 1.165) is 17.1 Å². The van der Waals surface area contributed by atoms with Crippen molar-refractivity contribution in [2.75, 3.05) is 19.3 Å². The van der Waals surface area contributed by atoms with Gasteiger partial charge in [0.1, 0.15) is 5.82 Å². The molecule has 27 heavy (non-hydrogen) atoms. The minimum atomic E-state index is -3.18. The first-order valence-corrected chi connectivity index (χ1v) is 10.7. The van der Waals surface area contributed by atoms with Crippen LogP contribution in [0, 0.1) is 19.7 Å². The van der Waals surface area contributed by atoms with Gasteiger partial charge in [-0.3, -0.25) is 4.79 Å². The predicted molar refractivity (Wildman–Crippen MR) is 102 cm³/mol. The minimum Gasteiger partial charge on any atom is -0.349 e. The Labute approximate surface area is 159 Å². The first-order chi connectivity index (χ1) is 12.7. The van der Waals surface area contributed by atoms with E-state index < -0.39 is 10.0 Å². The number of hydrogen-bond donors (Lipinski definition) is 1. The lowest BCUT2D eigenvalue weighted by Gasteiger charge is -2.30. The SMILES string of the molecule is Cc1cc(C(=O)NC2CCN(S(C)(=O)=O)CC2)c(C)n1-c1ccc(F)cc1. The Kier molecular flexibility index (Phi) is 5.39. The minimum absolute atomic E-state index is 0.0515. The highest BCUT2D eigenvalue weighted by molar-refractivity contribution is 7.88. The summed E-state index contributed by atoms with van der Waals surface area (Å²) in [5, 5.41) is 3.02. The molecule has 1 amide bonds. The second-order valence-corrected chi connectivity index (χ2v) is 8.99. The molecule has 0 aliphatic carbocycles. The van der Waals surface area contributed by atoms with E-state index >= 15 is 0 Å². The lowest BCUT2D eigenvalue weighted by Crippen LogP contribution is -2.46. The average Bonchev–Trinajstić information content (AvgIpc) is 2.90. The van der Waals surface area contributed by atoms with E-state index in [-0.39, 0.29) is 17.8 Å². The topological polar surface area (TPSA) is 71.4 Å². The van der Waals surface area contributed by atoms with Gasteiger partial charge in [0, 0.05) is 36.2 Å². The monoisotopic (exact) mass is 393 g/mol. The maximum absolute atomic E-state index is 13.2. The highest BCUT2D eigenvalue weighted by Gasteiger charge is 2.27. The van der Waals surface area contributed by atoms with Crippen LogP contribution in [-0.4, -0.2) is 48.6 Å². The Balaban J connectivity index is 1.73. The summed E-state index contributed by atoms with van der Waals surface area (Å²) in [5.41, 5.74) is 3.04. The van der Waals surface area contributed by atoms with E-state index in [1.54, 1.807) is 12.1 Å². The molecule has 146 valence electrons. The average molecular weight is 393 g/mol. The third-order valence-corrected chi connectivity index (χ3v) is 6.32. The summed E-state index contributed by atoms with van der Waals surface area (Å²) in [6.07, 6.45) is 2.39. The smallest absolute Gasteiger partial charge is 0.253 e. The molecule has 1 N–H and O–H groups in total. The van der Waals surface area contributed by atoms with Gasteiger partial charge in [-0.1, -0.05) is 0 Å². The Bertz CT molecular complexity index is 943. The molecule has 2 aromatic rings. The van der Waals surface area contributed by atoms with E-state index in [1.807, 2.05) is 24.5 Å². The molecule has 8 heteroatoms. The quantitative estimate of drug-likeness (QED) is 0.867. The molecule has 6 nitrogen and oxygen atoms in total. The summed E-state index contributed by atoms with van der Waals surface area (Å²) >= 11 is 0. The van der Waals surface area contributed by atoms with Crippen LogP contribution in [0.2, 0.25) is 0 Å². The van der Waals surface area contributed by atoms with E-state index in [0.29, 0.717) is 31.5 Å². The van der Waals surface area contributed by atoms with Crippen LogP contribution in [0.5, 0.6) is 0 Å². The van der Waals surface area contributed by atoms with Gasteiger partial charge < -0.3 is 9.88 Å². The molecule has 1 aliphatic rings. The molecule has 1 aliphatic heterocycles. The van der Waals surface area contributed by atoms with Gasteiger partial charge in [-0.15, -0.1) is 0 Å². The number of benzene rings is 1. The molecule has 0 bridgehead atoms. The number of aryl methyl sites for hydroxylation is 1. The standard InChI is InChI=1S/C19H24FN3O3S/c1-13-12-18(14(2)23(13)17-6-4-15(20)5-7-17)19(24)21-16-8-10-22(11-9-16)27(3,25)26/h4-7,12,16H,8-11H2,1-3H3,(H,21,24). The zero-order chi connectivity index (χ0) is 19.8. The van der Waals surface area contributed by atoms with Gasteiger partial charge in [0.25, 0.3) is 5.91 Å². The van der Waals surface area contributed by atoms with E-state index in [1.165, 1.54) is 22.7 Å². The largest absolute Gasteiger partial charge is 0.349 e. The van der Waals surface area contributed by atoms with Crippen LogP contribution >= 0.6 is 0 Å². The Hall–Kier alpha value is -2.19. The first kappa shape index (κ1) is 19.6. The van der Waals surface area contributed by atoms with Crippen molar-refractivity contribution in [3.8, 4) is 5.69 Å². The molecule has 3 rings (SSSR count). The van der Waals surface area contributed by atoms with Crippen LogP contribution in [0.4, 0.5) is 4.39 Å². The number of rotatable bonds is 4. The lowest BCUT2D eigenvalue weighted by atomic mass is 10.1. The van der Waals surface area contributed by atoms with Crippen molar-refractivity contribution in [1.82, 2.24) is 14.2 Å². The Morgan fingerprint density at radius 1 is 1.15 bits per heavy atom. The van der Waals surface area contributed by atoms with Crippen molar-refractivity contribution in [2.45, 2.75) is 32.7 Å². The normalized spacial score (nSPS) is 16.4. The maximum atomic E-state index is 13.2. The van der Waals surface area contributed by atoms with Crippen LogP contribution in [0.3, 0.4) is 0 Å². The van der Waals surface area contributed by atoms with Crippen LogP contribution in [0.1, 0.15) is 34.6 Å². The fraction of sp³-hybridized carbons (Fsp3) is 0.421. The third kappa shape index (κ3) is 4.22. The number of halogens is 1. The van der Waals surface area contributed by atoms with Crippen molar-refractivity contribution < 1.29 is 17.6 Å². The second-order valence-electron chi connectivity index (χ2n) is 7.01. The molecule has 0 saturated carbocycles. The maximum Gasteiger partial charge on any atom is 0.253 e. The molecule has 0 unspecified atom stereocenters. The lowest BCUT2D eigenvalue weighted by molar-refractivity contribution is 0.0923. The van der Waals surface area contributed by atoms with Crippen molar-refractivity contribution in [1.29, 1.82) is 0 Å². The van der Waals surface area contributed by atoms with Crippen molar-refractivity contribution in [3.63, 3.8) is 0 Å². The second kappa shape index (κ2) is 7.44. The zero-order valence-corrected chi connectivity index (χ0v) is 16.5. The number of nitrogens with one attached hydrogen (secondary N) is 1. The van der Waals surface area contributed by atoms with Gasteiger partial charge in [0.2, 0.25) is 10.0 Å². The summed E-state index contributed by atoms with van der Waals surface area (Å²) in [7, 11) is -3.18. The highest BCUT2D eigenvalue weighted by atomic mass is 32.2. The molecule has 1 aromatic carbocycles. The van der Waals surface area contributed by atoms with Crippen molar-refractivity contribution in [3.05, 3.63) is 53.1 Å². The molecule has 0 spiro atoms.